The van der Waals surface area contributed by atoms with Crippen molar-refractivity contribution >= 4 is 5.69 Å². The standard InChI is InChI=1S/C22H27FN2O4/c23-17-5-7-18(8-6-17)25-11-9-24(10-12-25)13-19(26)14-27-15-20-16-28-21-3-1-2-4-22(21)29-20/h1-8,19-20,26H,9-16H2/t19-,20-/m0/s1. The Bertz CT molecular complexity index is 781. The van der Waals surface area contributed by atoms with Gasteiger partial charge in [0.1, 0.15) is 12.4 Å². The van der Waals surface area contributed by atoms with Crippen molar-refractivity contribution in [2.45, 2.75) is 12.2 Å². The van der Waals surface area contributed by atoms with Crippen molar-refractivity contribution in [1.29, 1.82) is 0 Å². The molecule has 2 atom stereocenters. The Morgan fingerprint density at radius 3 is 2.52 bits per heavy atom. The van der Waals surface area contributed by atoms with Crippen molar-refractivity contribution in [2.24, 2.45) is 0 Å². The van der Waals surface area contributed by atoms with E-state index in [1.54, 1.807) is 0 Å². The summed E-state index contributed by atoms with van der Waals surface area (Å²) in [6, 6.07) is 14.2. The number of halogens is 1. The summed E-state index contributed by atoms with van der Waals surface area (Å²) in [5, 5.41) is 10.3. The highest BCUT2D eigenvalue weighted by atomic mass is 19.1. The Morgan fingerprint density at radius 2 is 1.76 bits per heavy atom. The molecule has 2 aliphatic heterocycles. The highest BCUT2D eigenvalue weighted by molar-refractivity contribution is 5.46. The highest BCUT2D eigenvalue weighted by Gasteiger charge is 2.22. The van der Waals surface area contributed by atoms with Crippen LogP contribution >= 0.6 is 0 Å². The van der Waals surface area contributed by atoms with Gasteiger partial charge < -0.3 is 24.2 Å². The van der Waals surface area contributed by atoms with Crippen molar-refractivity contribution in [3.05, 3.63) is 54.3 Å². The van der Waals surface area contributed by atoms with Crippen LogP contribution in [-0.2, 0) is 4.74 Å². The molecule has 6 nitrogen and oxygen atoms in total. The molecule has 0 saturated carbocycles. The average Bonchev–Trinajstić information content (AvgIpc) is 2.75. The van der Waals surface area contributed by atoms with E-state index in [4.69, 9.17) is 14.2 Å². The summed E-state index contributed by atoms with van der Waals surface area (Å²) in [6.07, 6.45) is -0.722. The number of hydrogen-bond donors (Lipinski definition) is 1. The summed E-state index contributed by atoms with van der Waals surface area (Å²) in [4.78, 5) is 4.46. The van der Waals surface area contributed by atoms with Crippen LogP contribution in [0.2, 0.25) is 0 Å². The van der Waals surface area contributed by atoms with E-state index in [-0.39, 0.29) is 18.5 Å². The Hall–Kier alpha value is -2.35. The lowest BCUT2D eigenvalue weighted by molar-refractivity contribution is -0.0292. The maximum Gasteiger partial charge on any atom is 0.161 e. The van der Waals surface area contributed by atoms with Crippen LogP contribution in [0.25, 0.3) is 0 Å². The Kier molecular flexibility index (Phi) is 6.49. The lowest BCUT2D eigenvalue weighted by Crippen LogP contribution is -2.49. The molecule has 0 spiro atoms. The SMILES string of the molecule is O[C@H](COC[C@H]1COc2ccccc2O1)CN1CCN(c2ccc(F)cc2)CC1. The Labute approximate surface area is 170 Å². The van der Waals surface area contributed by atoms with Gasteiger partial charge in [0.2, 0.25) is 0 Å². The van der Waals surface area contributed by atoms with Crippen LogP contribution in [0.5, 0.6) is 11.5 Å². The summed E-state index contributed by atoms with van der Waals surface area (Å²) in [6.45, 7) is 5.07. The first kappa shape index (κ1) is 19.9. The predicted molar refractivity (Wildman–Crippen MR) is 108 cm³/mol. The molecule has 2 aromatic carbocycles. The number of ether oxygens (including phenoxy) is 3. The molecule has 4 rings (SSSR count). The smallest absolute Gasteiger partial charge is 0.161 e. The van der Waals surface area contributed by atoms with E-state index in [9.17, 15) is 9.50 Å². The number of aliphatic hydroxyl groups excluding tert-OH is 1. The minimum absolute atomic E-state index is 0.170. The number of benzene rings is 2. The van der Waals surface area contributed by atoms with E-state index in [0.29, 0.717) is 19.8 Å². The van der Waals surface area contributed by atoms with E-state index in [1.165, 1.54) is 12.1 Å². The minimum Gasteiger partial charge on any atom is -0.486 e. The third kappa shape index (κ3) is 5.38. The van der Waals surface area contributed by atoms with Crippen LogP contribution in [0.4, 0.5) is 10.1 Å². The molecular formula is C22H27FN2O4. The third-order valence-electron chi connectivity index (χ3n) is 5.21. The number of para-hydroxylation sites is 2. The fourth-order valence-corrected chi connectivity index (χ4v) is 3.67. The van der Waals surface area contributed by atoms with Crippen LogP contribution in [0.15, 0.2) is 48.5 Å². The fourth-order valence-electron chi connectivity index (χ4n) is 3.67. The normalized spacial score (nSPS) is 20.5. The average molecular weight is 402 g/mol. The number of fused-ring (bicyclic) bond motifs is 1. The topological polar surface area (TPSA) is 54.4 Å². The van der Waals surface area contributed by atoms with Crippen molar-refractivity contribution in [2.75, 3.05) is 57.4 Å². The van der Waals surface area contributed by atoms with E-state index < -0.39 is 6.10 Å². The minimum atomic E-state index is -0.552. The predicted octanol–water partition coefficient (Wildman–Crippen LogP) is 2.17. The van der Waals surface area contributed by atoms with Crippen LogP contribution in [0, 0.1) is 5.82 Å². The zero-order valence-corrected chi connectivity index (χ0v) is 16.4. The van der Waals surface area contributed by atoms with E-state index in [2.05, 4.69) is 9.80 Å². The summed E-state index contributed by atoms with van der Waals surface area (Å²) < 4.78 is 30.3. The van der Waals surface area contributed by atoms with Crippen LogP contribution in [0.1, 0.15) is 0 Å². The number of hydrogen-bond acceptors (Lipinski definition) is 6. The molecule has 2 aliphatic rings. The van der Waals surface area contributed by atoms with Gasteiger partial charge >= 0.3 is 0 Å². The van der Waals surface area contributed by atoms with Gasteiger partial charge in [-0.3, -0.25) is 4.90 Å². The fraction of sp³-hybridized carbons (Fsp3) is 0.455. The highest BCUT2D eigenvalue weighted by Crippen LogP contribution is 2.30. The number of piperazine rings is 1. The molecule has 2 heterocycles. The first-order chi connectivity index (χ1) is 14.2. The lowest BCUT2D eigenvalue weighted by Gasteiger charge is -2.37. The Balaban J connectivity index is 1.14. The molecule has 2 aromatic rings. The zero-order chi connectivity index (χ0) is 20.1. The third-order valence-corrected chi connectivity index (χ3v) is 5.21. The first-order valence-electron chi connectivity index (χ1n) is 10.0. The summed E-state index contributed by atoms with van der Waals surface area (Å²) in [5.41, 5.74) is 1.03. The maximum atomic E-state index is 13.1. The van der Waals surface area contributed by atoms with Gasteiger partial charge in [-0.25, -0.2) is 4.39 Å². The molecule has 29 heavy (non-hydrogen) atoms. The van der Waals surface area contributed by atoms with Gasteiger partial charge in [-0.2, -0.15) is 0 Å². The van der Waals surface area contributed by atoms with Crippen LogP contribution in [-0.4, -0.2) is 74.8 Å². The van der Waals surface area contributed by atoms with Gasteiger partial charge in [-0.15, -0.1) is 0 Å². The van der Waals surface area contributed by atoms with Crippen molar-refractivity contribution < 1.29 is 23.7 Å². The number of rotatable bonds is 7. The zero-order valence-electron chi connectivity index (χ0n) is 16.4. The van der Waals surface area contributed by atoms with Gasteiger partial charge in [0.15, 0.2) is 17.6 Å². The molecule has 0 radical (unpaired) electrons. The van der Waals surface area contributed by atoms with Gasteiger partial charge in [-0.1, -0.05) is 12.1 Å². The van der Waals surface area contributed by atoms with Gasteiger partial charge in [-0.05, 0) is 36.4 Å². The number of β-amino-alcohol motifs (C(OH)–C–C–N with tert-alkyl or cyclic N) is 1. The molecule has 156 valence electrons. The molecule has 1 fully saturated rings. The van der Waals surface area contributed by atoms with Gasteiger partial charge in [0.05, 0.1) is 19.3 Å². The molecule has 0 aromatic heterocycles. The Morgan fingerprint density at radius 1 is 1.03 bits per heavy atom. The number of anilines is 1. The molecule has 0 bridgehead atoms. The second-order valence-electron chi connectivity index (χ2n) is 7.45. The molecule has 1 saturated heterocycles. The first-order valence-corrected chi connectivity index (χ1v) is 10.0. The van der Waals surface area contributed by atoms with Crippen LogP contribution in [0.3, 0.4) is 0 Å². The molecule has 0 aliphatic carbocycles. The van der Waals surface area contributed by atoms with E-state index in [1.807, 2.05) is 36.4 Å². The lowest BCUT2D eigenvalue weighted by atomic mass is 10.2. The second kappa shape index (κ2) is 9.43. The molecule has 7 heteroatoms. The van der Waals surface area contributed by atoms with Gasteiger partial charge in [0.25, 0.3) is 0 Å². The van der Waals surface area contributed by atoms with E-state index in [0.717, 1.165) is 43.4 Å². The largest absolute Gasteiger partial charge is 0.486 e. The summed E-state index contributed by atoms with van der Waals surface area (Å²) in [5.74, 6) is 1.26. The number of aliphatic hydroxyl groups is 1. The monoisotopic (exact) mass is 402 g/mol. The van der Waals surface area contributed by atoms with Gasteiger partial charge in [0, 0.05) is 38.4 Å². The molecule has 0 unspecified atom stereocenters. The molecular weight excluding hydrogens is 375 g/mol. The molecule has 1 N–H and O–H groups in total. The summed E-state index contributed by atoms with van der Waals surface area (Å²) >= 11 is 0. The maximum absolute atomic E-state index is 13.1. The van der Waals surface area contributed by atoms with Crippen molar-refractivity contribution in [3.8, 4) is 11.5 Å². The summed E-state index contributed by atoms with van der Waals surface area (Å²) in [7, 11) is 0. The number of nitrogens with zero attached hydrogens (tertiary/aromatic N) is 2. The molecule has 0 amide bonds. The quantitative estimate of drug-likeness (QED) is 0.766. The van der Waals surface area contributed by atoms with Crippen molar-refractivity contribution in [3.63, 3.8) is 0 Å². The second-order valence-corrected chi connectivity index (χ2v) is 7.45. The van der Waals surface area contributed by atoms with Crippen LogP contribution < -0.4 is 14.4 Å². The van der Waals surface area contributed by atoms with Crippen molar-refractivity contribution in [1.82, 2.24) is 4.90 Å². The van der Waals surface area contributed by atoms with E-state index >= 15 is 0 Å².